The van der Waals surface area contributed by atoms with Crippen LogP contribution in [0.15, 0.2) is 46.9 Å². The Balaban J connectivity index is 1.70. The Morgan fingerprint density at radius 2 is 2.10 bits per heavy atom. The molecule has 0 amide bonds. The number of ketones is 1. The third kappa shape index (κ3) is 4.77. The van der Waals surface area contributed by atoms with E-state index in [1.807, 2.05) is 0 Å². The van der Waals surface area contributed by atoms with Crippen LogP contribution in [-0.2, 0) is 6.54 Å². The van der Waals surface area contributed by atoms with Gasteiger partial charge in [0, 0.05) is 5.56 Å². The molecule has 0 bridgehead atoms. The fourth-order valence-corrected chi connectivity index (χ4v) is 2.90. The molecule has 0 saturated heterocycles. The molecule has 0 atom stereocenters. The maximum absolute atomic E-state index is 12.3. The molecule has 0 fully saturated rings. The van der Waals surface area contributed by atoms with Crippen LogP contribution in [0.1, 0.15) is 33.3 Å². The summed E-state index contributed by atoms with van der Waals surface area (Å²) in [6, 6.07) is 8.78. The quantitative estimate of drug-likeness (QED) is 0.231. The van der Waals surface area contributed by atoms with Crippen LogP contribution in [0, 0.1) is 24.0 Å². The number of aryl methyl sites for hydroxylation is 1. The second-order valence-electron chi connectivity index (χ2n) is 6.34. The van der Waals surface area contributed by atoms with Crippen molar-refractivity contribution in [3.8, 4) is 5.75 Å². The van der Waals surface area contributed by atoms with Gasteiger partial charge in [-0.05, 0) is 50.3 Å². The Morgan fingerprint density at radius 3 is 2.77 bits per heavy atom. The van der Waals surface area contributed by atoms with Crippen LogP contribution in [0.4, 0.5) is 14.5 Å². The number of carbonyl (C=O) groups excluding carboxylic acids is 1. The molecule has 0 saturated carbocycles. The van der Waals surface area contributed by atoms with E-state index in [0.717, 1.165) is 0 Å². The van der Waals surface area contributed by atoms with Gasteiger partial charge in [-0.3, -0.25) is 19.6 Å². The average Bonchev–Trinajstić information content (AvgIpc) is 3.23. The van der Waals surface area contributed by atoms with Crippen molar-refractivity contribution in [1.29, 1.82) is 0 Å². The largest absolute Gasteiger partial charge is 0.460 e. The molecule has 1 aromatic carbocycles. The van der Waals surface area contributed by atoms with Crippen molar-refractivity contribution in [2.75, 3.05) is 0 Å². The standard InChI is InChI=1S/C20H17F2N3O5/c1-12-19(25(27)28)13(2)24(23-12)11-17-7-6-15(29-17)8-9-18(26)14-4-3-5-16(10-14)30-20(21)22/h3-10,20H,11H2,1-2H3/b9-8+. The lowest BCUT2D eigenvalue weighted by molar-refractivity contribution is -0.386. The minimum absolute atomic E-state index is 0.0367. The summed E-state index contributed by atoms with van der Waals surface area (Å²) in [5, 5.41) is 15.3. The van der Waals surface area contributed by atoms with Gasteiger partial charge < -0.3 is 9.15 Å². The molecule has 3 rings (SSSR count). The van der Waals surface area contributed by atoms with Crippen LogP contribution in [-0.4, -0.2) is 27.1 Å². The first-order valence-corrected chi connectivity index (χ1v) is 8.79. The number of halogens is 2. The maximum Gasteiger partial charge on any atom is 0.387 e. The minimum atomic E-state index is -2.98. The third-order valence-electron chi connectivity index (χ3n) is 4.26. The lowest BCUT2D eigenvalue weighted by Crippen LogP contribution is -2.03. The topological polar surface area (TPSA) is 100 Å². The second-order valence-corrected chi connectivity index (χ2v) is 6.34. The number of aromatic nitrogens is 2. The summed E-state index contributed by atoms with van der Waals surface area (Å²) in [6.07, 6.45) is 2.69. The van der Waals surface area contributed by atoms with Crippen LogP contribution in [0.2, 0.25) is 0 Å². The van der Waals surface area contributed by atoms with Crippen molar-refractivity contribution in [1.82, 2.24) is 9.78 Å². The molecular formula is C20H17F2N3O5. The average molecular weight is 417 g/mol. The van der Waals surface area contributed by atoms with Crippen LogP contribution < -0.4 is 4.74 Å². The van der Waals surface area contributed by atoms with Crippen LogP contribution in [0.5, 0.6) is 5.75 Å². The SMILES string of the molecule is Cc1nn(Cc2ccc(/C=C/C(=O)c3cccc(OC(F)F)c3)o2)c(C)c1[N+](=O)[O-]. The monoisotopic (exact) mass is 417 g/mol. The zero-order valence-electron chi connectivity index (χ0n) is 16.0. The molecule has 3 aromatic rings. The first-order chi connectivity index (χ1) is 14.2. The highest BCUT2D eigenvalue weighted by atomic mass is 19.3. The van der Waals surface area contributed by atoms with Gasteiger partial charge in [-0.25, -0.2) is 0 Å². The van der Waals surface area contributed by atoms with E-state index in [0.29, 0.717) is 22.9 Å². The van der Waals surface area contributed by atoms with E-state index < -0.39 is 17.3 Å². The van der Waals surface area contributed by atoms with E-state index in [1.165, 1.54) is 41.1 Å². The van der Waals surface area contributed by atoms with Gasteiger partial charge in [0.1, 0.15) is 28.7 Å². The Kier molecular flexibility index (Phi) is 6.05. The summed E-state index contributed by atoms with van der Waals surface area (Å²) in [7, 11) is 0. The second kappa shape index (κ2) is 8.68. The number of nitrogens with zero attached hydrogens (tertiary/aromatic N) is 3. The van der Waals surface area contributed by atoms with E-state index in [-0.39, 0.29) is 23.5 Å². The number of alkyl halides is 2. The predicted molar refractivity (Wildman–Crippen MR) is 103 cm³/mol. The lowest BCUT2D eigenvalue weighted by Gasteiger charge is -2.04. The third-order valence-corrected chi connectivity index (χ3v) is 4.26. The number of rotatable bonds is 8. The van der Waals surface area contributed by atoms with Crippen LogP contribution in [0.3, 0.4) is 0 Å². The Hall–Kier alpha value is -3.82. The molecule has 2 heterocycles. The molecule has 0 aliphatic rings. The van der Waals surface area contributed by atoms with E-state index >= 15 is 0 Å². The zero-order chi connectivity index (χ0) is 21.8. The van der Waals surface area contributed by atoms with Gasteiger partial charge in [-0.1, -0.05) is 12.1 Å². The molecule has 0 radical (unpaired) electrons. The summed E-state index contributed by atoms with van der Waals surface area (Å²) in [6.45, 7) is 0.378. The number of allylic oxidation sites excluding steroid dienone is 1. The molecular weight excluding hydrogens is 400 g/mol. The fraction of sp³-hybridized carbons (Fsp3) is 0.200. The van der Waals surface area contributed by atoms with Gasteiger partial charge in [0.2, 0.25) is 0 Å². The van der Waals surface area contributed by atoms with Gasteiger partial charge in [0.05, 0.1) is 11.5 Å². The highest BCUT2D eigenvalue weighted by Crippen LogP contribution is 2.23. The normalized spacial score (nSPS) is 11.4. The lowest BCUT2D eigenvalue weighted by atomic mass is 10.1. The van der Waals surface area contributed by atoms with Gasteiger partial charge >= 0.3 is 12.3 Å². The van der Waals surface area contributed by atoms with E-state index in [1.54, 1.807) is 26.0 Å². The van der Waals surface area contributed by atoms with Crippen molar-refractivity contribution in [2.45, 2.75) is 27.0 Å². The smallest absolute Gasteiger partial charge is 0.387 e. The van der Waals surface area contributed by atoms with E-state index in [2.05, 4.69) is 9.84 Å². The molecule has 0 aliphatic carbocycles. The highest BCUT2D eigenvalue weighted by Gasteiger charge is 2.22. The van der Waals surface area contributed by atoms with E-state index in [4.69, 9.17) is 4.42 Å². The summed E-state index contributed by atoms with van der Waals surface area (Å²) in [5.41, 5.74) is 0.872. The fourth-order valence-electron chi connectivity index (χ4n) is 2.90. The van der Waals surface area contributed by atoms with Crippen molar-refractivity contribution < 1.29 is 27.7 Å². The van der Waals surface area contributed by atoms with Gasteiger partial charge in [0.15, 0.2) is 5.78 Å². The molecule has 10 heteroatoms. The van der Waals surface area contributed by atoms with Crippen molar-refractivity contribution in [3.05, 3.63) is 81.1 Å². The van der Waals surface area contributed by atoms with Crippen molar-refractivity contribution in [3.63, 3.8) is 0 Å². The molecule has 8 nitrogen and oxygen atoms in total. The van der Waals surface area contributed by atoms with Crippen molar-refractivity contribution in [2.24, 2.45) is 0 Å². The molecule has 30 heavy (non-hydrogen) atoms. The number of furan rings is 1. The number of carbonyl (C=O) groups is 1. The molecule has 2 aromatic heterocycles. The zero-order valence-corrected chi connectivity index (χ0v) is 16.0. The van der Waals surface area contributed by atoms with Crippen molar-refractivity contribution >= 4 is 17.5 Å². The highest BCUT2D eigenvalue weighted by molar-refractivity contribution is 6.06. The summed E-state index contributed by atoms with van der Waals surface area (Å²) in [4.78, 5) is 22.9. The van der Waals surface area contributed by atoms with E-state index in [9.17, 15) is 23.7 Å². The number of benzene rings is 1. The molecule has 0 N–H and O–H groups in total. The molecule has 0 unspecified atom stereocenters. The van der Waals surface area contributed by atoms with Crippen LogP contribution >= 0.6 is 0 Å². The number of hydrogen-bond acceptors (Lipinski definition) is 6. The van der Waals surface area contributed by atoms with Gasteiger partial charge in [0.25, 0.3) is 0 Å². The van der Waals surface area contributed by atoms with Gasteiger partial charge in [-0.2, -0.15) is 13.9 Å². The number of nitro groups is 1. The predicted octanol–water partition coefficient (Wildman–Crippen LogP) is 4.55. The minimum Gasteiger partial charge on any atom is -0.460 e. The number of ether oxygens (including phenoxy) is 1. The molecule has 0 spiro atoms. The Labute approximate surface area is 169 Å². The first-order valence-electron chi connectivity index (χ1n) is 8.79. The number of hydrogen-bond donors (Lipinski definition) is 0. The molecule has 0 aliphatic heterocycles. The Morgan fingerprint density at radius 1 is 1.33 bits per heavy atom. The molecule has 156 valence electrons. The van der Waals surface area contributed by atoms with Gasteiger partial charge in [-0.15, -0.1) is 0 Å². The summed E-state index contributed by atoms with van der Waals surface area (Å²) < 4.78 is 36.0. The Bertz CT molecular complexity index is 1120. The maximum atomic E-state index is 12.3. The van der Waals surface area contributed by atoms with Crippen LogP contribution in [0.25, 0.3) is 6.08 Å². The summed E-state index contributed by atoms with van der Waals surface area (Å²) >= 11 is 0. The summed E-state index contributed by atoms with van der Waals surface area (Å²) in [5.74, 6) is 0.356. The first kappa shape index (κ1) is 20.9.